The number of carboxylic acid groups (broad SMARTS) is 1. The van der Waals surface area contributed by atoms with Gasteiger partial charge in [-0.25, -0.2) is 9.59 Å². The van der Waals surface area contributed by atoms with Gasteiger partial charge in [0.2, 0.25) is 0 Å². The Hall–Kier alpha value is -1.98. The minimum atomic E-state index is -1.03. The van der Waals surface area contributed by atoms with Crippen LogP contribution < -0.4 is 10.6 Å². The second kappa shape index (κ2) is 6.98. The van der Waals surface area contributed by atoms with Crippen LogP contribution in [0.2, 0.25) is 0 Å². The molecular formula is C14H22N2O4. The molecule has 0 spiro atoms. The molecule has 6 nitrogen and oxygen atoms in total. The first-order chi connectivity index (χ1) is 9.31. The molecule has 3 N–H and O–H groups in total. The van der Waals surface area contributed by atoms with Gasteiger partial charge >= 0.3 is 12.0 Å². The highest BCUT2D eigenvalue weighted by molar-refractivity contribution is 5.88. The Morgan fingerprint density at radius 3 is 2.45 bits per heavy atom. The van der Waals surface area contributed by atoms with Crippen LogP contribution in [-0.2, 0) is 6.54 Å². The zero-order valence-corrected chi connectivity index (χ0v) is 12.3. The van der Waals surface area contributed by atoms with Crippen molar-refractivity contribution in [1.29, 1.82) is 0 Å². The van der Waals surface area contributed by atoms with Crippen LogP contribution in [0.1, 0.15) is 42.6 Å². The van der Waals surface area contributed by atoms with Gasteiger partial charge in [-0.3, -0.25) is 0 Å². The summed E-state index contributed by atoms with van der Waals surface area (Å²) in [5, 5.41) is 14.3. The molecule has 2 amide bonds. The molecule has 6 heteroatoms. The fourth-order valence-corrected chi connectivity index (χ4v) is 1.56. The maximum Gasteiger partial charge on any atom is 0.339 e. The summed E-state index contributed by atoms with van der Waals surface area (Å²) in [4.78, 5) is 22.4. The van der Waals surface area contributed by atoms with Crippen molar-refractivity contribution in [2.75, 3.05) is 6.54 Å². The predicted molar refractivity (Wildman–Crippen MR) is 74.6 cm³/mol. The first-order valence-electron chi connectivity index (χ1n) is 6.65. The lowest BCUT2D eigenvalue weighted by Crippen LogP contribution is -2.38. The molecule has 1 unspecified atom stereocenters. The summed E-state index contributed by atoms with van der Waals surface area (Å²) in [5.74, 6) is 0.620. The number of furan rings is 1. The lowest BCUT2D eigenvalue weighted by atomic mass is 9.98. The van der Waals surface area contributed by atoms with E-state index in [2.05, 4.69) is 31.4 Å². The molecule has 0 saturated carbocycles. The van der Waals surface area contributed by atoms with Gasteiger partial charge in [0.15, 0.2) is 0 Å². The molecule has 0 fully saturated rings. The third-order valence-corrected chi connectivity index (χ3v) is 3.35. The van der Waals surface area contributed by atoms with Gasteiger partial charge < -0.3 is 20.2 Å². The van der Waals surface area contributed by atoms with Gasteiger partial charge in [-0.1, -0.05) is 20.8 Å². The Balaban J connectivity index is 2.41. The van der Waals surface area contributed by atoms with Gasteiger partial charge in [-0.05, 0) is 24.8 Å². The molecule has 112 valence electrons. The average Bonchev–Trinajstić information content (AvgIpc) is 2.74. The Bertz CT molecular complexity index is 480. The SMILES string of the molecule is Cc1oc(CNC(=O)NCC(C)C(C)C)cc1C(=O)O. The number of carboxylic acids is 1. The van der Waals surface area contributed by atoms with Crippen LogP contribution in [0.5, 0.6) is 0 Å². The molecule has 1 aromatic rings. The number of amides is 2. The highest BCUT2D eigenvalue weighted by atomic mass is 16.4. The second-order valence-corrected chi connectivity index (χ2v) is 5.27. The van der Waals surface area contributed by atoms with Crippen LogP contribution in [0, 0.1) is 18.8 Å². The van der Waals surface area contributed by atoms with E-state index in [0.29, 0.717) is 29.9 Å². The third-order valence-electron chi connectivity index (χ3n) is 3.35. The summed E-state index contributed by atoms with van der Waals surface area (Å²) in [5.41, 5.74) is 0.121. The van der Waals surface area contributed by atoms with Crippen molar-refractivity contribution in [3.63, 3.8) is 0 Å². The van der Waals surface area contributed by atoms with Crippen LogP contribution in [0.15, 0.2) is 10.5 Å². The fourth-order valence-electron chi connectivity index (χ4n) is 1.56. The van der Waals surface area contributed by atoms with Crippen molar-refractivity contribution in [1.82, 2.24) is 10.6 Å². The van der Waals surface area contributed by atoms with Crippen LogP contribution in [0.4, 0.5) is 4.79 Å². The maximum atomic E-state index is 11.6. The van der Waals surface area contributed by atoms with E-state index in [0.717, 1.165) is 0 Å². The van der Waals surface area contributed by atoms with E-state index in [1.807, 2.05) is 0 Å². The van der Waals surface area contributed by atoms with Crippen molar-refractivity contribution < 1.29 is 19.1 Å². The van der Waals surface area contributed by atoms with Crippen LogP contribution in [0.25, 0.3) is 0 Å². The molecule has 0 aromatic carbocycles. The highest BCUT2D eigenvalue weighted by Crippen LogP contribution is 2.14. The van der Waals surface area contributed by atoms with Gasteiger partial charge in [0.25, 0.3) is 0 Å². The number of hydrogen-bond acceptors (Lipinski definition) is 3. The third kappa shape index (κ3) is 4.60. The number of urea groups is 1. The Morgan fingerprint density at radius 2 is 1.95 bits per heavy atom. The Kier molecular flexibility index (Phi) is 5.61. The number of rotatable bonds is 6. The zero-order valence-electron chi connectivity index (χ0n) is 12.3. The highest BCUT2D eigenvalue weighted by Gasteiger charge is 2.14. The van der Waals surface area contributed by atoms with E-state index in [1.54, 1.807) is 6.92 Å². The quantitative estimate of drug-likeness (QED) is 0.747. The van der Waals surface area contributed by atoms with Crippen LogP contribution >= 0.6 is 0 Å². The number of aryl methyl sites for hydroxylation is 1. The number of aromatic carboxylic acids is 1. The van der Waals surface area contributed by atoms with Crippen molar-refractivity contribution in [2.45, 2.75) is 34.2 Å². The molecule has 1 heterocycles. The molecule has 1 atom stereocenters. The summed E-state index contributed by atoms with van der Waals surface area (Å²) in [6, 6.07) is 1.14. The summed E-state index contributed by atoms with van der Waals surface area (Å²) >= 11 is 0. The topological polar surface area (TPSA) is 91.6 Å². The van der Waals surface area contributed by atoms with E-state index in [4.69, 9.17) is 9.52 Å². The minimum absolute atomic E-state index is 0.121. The Labute approximate surface area is 118 Å². The average molecular weight is 282 g/mol. The standard InChI is InChI=1S/C14H22N2O4/c1-8(2)9(3)6-15-14(19)16-7-11-5-12(13(17)18)10(4)20-11/h5,8-9H,6-7H2,1-4H3,(H,17,18)(H2,15,16,19). The van der Waals surface area contributed by atoms with Gasteiger partial charge in [0, 0.05) is 6.54 Å². The van der Waals surface area contributed by atoms with Gasteiger partial charge in [0.1, 0.15) is 17.1 Å². The normalized spacial score (nSPS) is 12.2. The van der Waals surface area contributed by atoms with Crippen molar-refractivity contribution in [2.24, 2.45) is 11.8 Å². The molecular weight excluding hydrogens is 260 g/mol. The molecule has 0 saturated heterocycles. The summed E-state index contributed by atoms with van der Waals surface area (Å²) in [6.07, 6.45) is 0. The van der Waals surface area contributed by atoms with Crippen LogP contribution in [0.3, 0.4) is 0 Å². The van der Waals surface area contributed by atoms with Crippen molar-refractivity contribution >= 4 is 12.0 Å². The summed E-state index contributed by atoms with van der Waals surface area (Å²) < 4.78 is 5.27. The predicted octanol–water partition coefficient (Wildman–Crippen LogP) is 2.38. The van der Waals surface area contributed by atoms with E-state index < -0.39 is 5.97 Å². The van der Waals surface area contributed by atoms with Gasteiger partial charge in [0.05, 0.1) is 6.54 Å². The molecule has 0 bridgehead atoms. The number of carbonyl (C=O) groups excluding carboxylic acids is 1. The van der Waals surface area contributed by atoms with Gasteiger partial charge in [-0.2, -0.15) is 0 Å². The van der Waals surface area contributed by atoms with Crippen LogP contribution in [-0.4, -0.2) is 23.7 Å². The summed E-state index contributed by atoms with van der Waals surface area (Å²) in [6.45, 7) is 8.61. The van der Waals surface area contributed by atoms with Gasteiger partial charge in [-0.15, -0.1) is 0 Å². The lowest BCUT2D eigenvalue weighted by Gasteiger charge is -2.16. The second-order valence-electron chi connectivity index (χ2n) is 5.27. The monoisotopic (exact) mass is 282 g/mol. The first-order valence-corrected chi connectivity index (χ1v) is 6.65. The smallest absolute Gasteiger partial charge is 0.339 e. The largest absolute Gasteiger partial charge is 0.478 e. The molecule has 1 rings (SSSR count). The molecule has 1 aromatic heterocycles. The number of carbonyl (C=O) groups is 2. The zero-order chi connectivity index (χ0) is 15.3. The summed E-state index contributed by atoms with van der Waals surface area (Å²) in [7, 11) is 0. The molecule has 0 aliphatic carbocycles. The maximum absolute atomic E-state index is 11.6. The van der Waals surface area contributed by atoms with Crippen molar-refractivity contribution in [3.8, 4) is 0 Å². The molecule has 0 aliphatic heterocycles. The van der Waals surface area contributed by atoms with E-state index in [1.165, 1.54) is 6.07 Å². The van der Waals surface area contributed by atoms with E-state index in [-0.39, 0.29) is 18.1 Å². The fraction of sp³-hybridized carbons (Fsp3) is 0.571. The lowest BCUT2D eigenvalue weighted by molar-refractivity contribution is 0.0695. The minimum Gasteiger partial charge on any atom is -0.478 e. The number of nitrogens with one attached hydrogen (secondary N) is 2. The molecule has 0 aliphatic rings. The van der Waals surface area contributed by atoms with E-state index in [9.17, 15) is 9.59 Å². The van der Waals surface area contributed by atoms with E-state index >= 15 is 0 Å². The van der Waals surface area contributed by atoms with Crippen molar-refractivity contribution in [3.05, 3.63) is 23.2 Å². The Morgan fingerprint density at radius 1 is 1.30 bits per heavy atom. The molecule has 0 radical (unpaired) electrons. The number of hydrogen-bond donors (Lipinski definition) is 3. The first kappa shape index (κ1) is 16.1. The molecule has 20 heavy (non-hydrogen) atoms.